The summed E-state index contributed by atoms with van der Waals surface area (Å²) >= 11 is 5.99. The van der Waals surface area contributed by atoms with Crippen molar-refractivity contribution in [3.8, 4) is 0 Å². The fourth-order valence-electron chi connectivity index (χ4n) is 2.36. The quantitative estimate of drug-likeness (QED) is 0.890. The molecule has 0 unspecified atom stereocenters. The molecule has 1 heterocycles. The summed E-state index contributed by atoms with van der Waals surface area (Å²) in [4.78, 5) is 14.5. The van der Waals surface area contributed by atoms with Crippen LogP contribution in [0.2, 0.25) is 5.02 Å². The Kier molecular flexibility index (Phi) is 4.48. The van der Waals surface area contributed by atoms with E-state index >= 15 is 0 Å². The molecule has 1 aliphatic rings. The molecule has 1 aromatic rings. The third kappa shape index (κ3) is 2.96. The van der Waals surface area contributed by atoms with Crippen LogP contribution in [0.5, 0.6) is 0 Å². The second kappa shape index (κ2) is 6.10. The summed E-state index contributed by atoms with van der Waals surface area (Å²) in [5.41, 5.74) is 1.51. The van der Waals surface area contributed by atoms with Gasteiger partial charge in [0.15, 0.2) is 0 Å². The van der Waals surface area contributed by atoms with Crippen molar-refractivity contribution in [2.45, 2.75) is 25.7 Å². The molecule has 1 N–H and O–H groups in total. The number of nitrogens with zero attached hydrogens (tertiary/aromatic N) is 1. The Labute approximate surface area is 113 Å². The van der Waals surface area contributed by atoms with E-state index < -0.39 is 0 Å². The zero-order chi connectivity index (χ0) is 13.0. The molecule has 0 aromatic heterocycles. The number of hydrogen-bond donors (Lipinski definition) is 1. The van der Waals surface area contributed by atoms with E-state index in [1.165, 1.54) is 12.8 Å². The maximum absolute atomic E-state index is 12.5. The molecule has 1 aliphatic heterocycles. The monoisotopic (exact) mass is 266 g/mol. The average molecular weight is 267 g/mol. The minimum atomic E-state index is 0.0868. The first kappa shape index (κ1) is 13.2. The van der Waals surface area contributed by atoms with Crippen LogP contribution in [0.25, 0.3) is 0 Å². The van der Waals surface area contributed by atoms with Crippen molar-refractivity contribution in [1.29, 1.82) is 0 Å². The highest BCUT2D eigenvalue weighted by molar-refractivity contribution is 6.31. The van der Waals surface area contributed by atoms with Gasteiger partial charge < -0.3 is 10.2 Å². The number of nitrogens with one attached hydrogen (secondary N) is 1. The molecule has 0 atom stereocenters. The van der Waals surface area contributed by atoms with Crippen LogP contribution in [0.15, 0.2) is 18.2 Å². The number of carbonyl (C=O) groups excluding carboxylic acids is 1. The van der Waals surface area contributed by atoms with E-state index in [9.17, 15) is 4.79 Å². The first-order valence-electron chi connectivity index (χ1n) is 6.49. The Morgan fingerprint density at radius 3 is 2.50 bits per heavy atom. The summed E-state index contributed by atoms with van der Waals surface area (Å²) in [5.74, 6) is 0.0868. The summed E-state index contributed by atoms with van der Waals surface area (Å²) in [6.45, 7) is 1.71. The van der Waals surface area contributed by atoms with Crippen LogP contribution < -0.4 is 5.32 Å². The van der Waals surface area contributed by atoms with Gasteiger partial charge in [0.05, 0.1) is 5.56 Å². The zero-order valence-electron chi connectivity index (χ0n) is 10.7. The first-order valence-corrected chi connectivity index (χ1v) is 6.87. The molecule has 1 fully saturated rings. The fourth-order valence-corrected chi connectivity index (χ4v) is 2.53. The largest absolute Gasteiger partial charge is 0.387 e. The summed E-state index contributed by atoms with van der Waals surface area (Å²) in [6.07, 6.45) is 4.64. The van der Waals surface area contributed by atoms with Crippen LogP contribution in [0.4, 0.5) is 5.69 Å². The normalized spacial score (nSPS) is 16.2. The van der Waals surface area contributed by atoms with E-state index in [0.717, 1.165) is 31.6 Å². The molecule has 4 heteroatoms. The molecular formula is C14H19ClN2O. The summed E-state index contributed by atoms with van der Waals surface area (Å²) in [5, 5.41) is 3.66. The molecular weight excluding hydrogens is 248 g/mol. The number of amides is 1. The van der Waals surface area contributed by atoms with E-state index in [1.54, 1.807) is 12.1 Å². The van der Waals surface area contributed by atoms with Gasteiger partial charge in [0.1, 0.15) is 0 Å². The maximum atomic E-state index is 12.5. The smallest absolute Gasteiger partial charge is 0.256 e. The highest BCUT2D eigenvalue weighted by Gasteiger charge is 2.19. The molecule has 1 amide bonds. The van der Waals surface area contributed by atoms with Crippen molar-refractivity contribution in [1.82, 2.24) is 4.90 Å². The average Bonchev–Trinajstić information content (AvgIpc) is 2.66. The number of hydrogen-bond acceptors (Lipinski definition) is 2. The molecule has 0 aliphatic carbocycles. The van der Waals surface area contributed by atoms with Crippen LogP contribution in [-0.4, -0.2) is 30.9 Å². The van der Waals surface area contributed by atoms with Gasteiger partial charge in [0.2, 0.25) is 0 Å². The number of benzene rings is 1. The van der Waals surface area contributed by atoms with Crippen molar-refractivity contribution in [2.75, 3.05) is 25.5 Å². The van der Waals surface area contributed by atoms with Gasteiger partial charge in [-0.15, -0.1) is 0 Å². The third-order valence-electron chi connectivity index (χ3n) is 3.37. The molecule has 98 valence electrons. The Morgan fingerprint density at radius 2 is 1.89 bits per heavy atom. The number of carbonyl (C=O) groups is 1. The predicted molar refractivity (Wildman–Crippen MR) is 75.4 cm³/mol. The van der Waals surface area contributed by atoms with E-state index in [0.29, 0.717) is 10.6 Å². The Hall–Kier alpha value is -1.22. The lowest BCUT2D eigenvalue weighted by atomic mass is 10.1. The summed E-state index contributed by atoms with van der Waals surface area (Å²) in [7, 11) is 1.82. The lowest BCUT2D eigenvalue weighted by Gasteiger charge is -2.21. The van der Waals surface area contributed by atoms with Gasteiger partial charge in [-0.1, -0.05) is 24.4 Å². The summed E-state index contributed by atoms with van der Waals surface area (Å²) in [6, 6.07) is 5.40. The van der Waals surface area contributed by atoms with Crippen LogP contribution in [-0.2, 0) is 0 Å². The Morgan fingerprint density at radius 1 is 1.22 bits per heavy atom. The van der Waals surface area contributed by atoms with Gasteiger partial charge in [-0.2, -0.15) is 0 Å². The lowest BCUT2D eigenvalue weighted by Crippen LogP contribution is -2.32. The molecule has 0 radical (unpaired) electrons. The van der Waals surface area contributed by atoms with Crippen LogP contribution in [0.1, 0.15) is 36.0 Å². The SMILES string of the molecule is CNc1ccc(Cl)cc1C(=O)N1CCCCCC1. The first-order chi connectivity index (χ1) is 8.72. The molecule has 0 saturated carbocycles. The van der Waals surface area contributed by atoms with Crippen molar-refractivity contribution in [3.63, 3.8) is 0 Å². The van der Waals surface area contributed by atoms with Crippen LogP contribution >= 0.6 is 11.6 Å². The van der Waals surface area contributed by atoms with Crippen molar-refractivity contribution < 1.29 is 4.79 Å². The van der Waals surface area contributed by atoms with Crippen molar-refractivity contribution in [2.24, 2.45) is 0 Å². The van der Waals surface area contributed by atoms with Crippen molar-refractivity contribution >= 4 is 23.2 Å². The second-order valence-corrected chi connectivity index (χ2v) is 5.08. The highest BCUT2D eigenvalue weighted by atomic mass is 35.5. The molecule has 0 spiro atoms. The van der Waals surface area contributed by atoms with Gasteiger partial charge in [0.25, 0.3) is 5.91 Å². The number of anilines is 1. The van der Waals surface area contributed by atoms with Gasteiger partial charge in [0, 0.05) is 30.8 Å². The number of halogens is 1. The minimum Gasteiger partial charge on any atom is -0.387 e. The minimum absolute atomic E-state index is 0.0868. The van der Waals surface area contributed by atoms with Gasteiger partial charge >= 0.3 is 0 Å². The number of likely N-dealkylation sites (tertiary alicyclic amines) is 1. The number of rotatable bonds is 2. The van der Waals surface area contributed by atoms with Gasteiger partial charge in [-0.05, 0) is 31.0 Å². The third-order valence-corrected chi connectivity index (χ3v) is 3.61. The lowest BCUT2D eigenvalue weighted by molar-refractivity contribution is 0.0762. The molecule has 2 rings (SSSR count). The fraction of sp³-hybridized carbons (Fsp3) is 0.500. The van der Waals surface area contributed by atoms with E-state index in [-0.39, 0.29) is 5.91 Å². The Bertz CT molecular complexity index is 426. The summed E-state index contributed by atoms with van der Waals surface area (Å²) < 4.78 is 0. The molecule has 0 bridgehead atoms. The van der Waals surface area contributed by atoms with E-state index in [1.807, 2.05) is 18.0 Å². The predicted octanol–water partition coefficient (Wildman–Crippen LogP) is 3.40. The molecule has 18 heavy (non-hydrogen) atoms. The van der Waals surface area contributed by atoms with Gasteiger partial charge in [-0.25, -0.2) is 0 Å². The zero-order valence-corrected chi connectivity index (χ0v) is 11.5. The van der Waals surface area contributed by atoms with Crippen LogP contribution in [0, 0.1) is 0 Å². The maximum Gasteiger partial charge on any atom is 0.256 e. The molecule has 3 nitrogen and oxygen atoms in total. The topological polar surface area (TPSA) is 32.3 Å². The molecule has 1 saturated heterocycles. The second-order valence-electron chi connectivity index (χ2n) is 4.65. The standard InChI is InChI=1S/C14H19ClN2O/c1-16-13-7-6-11(15)10-12(13)14(18)17-8-4-2-3-5-9-17/h6-7,10,16H,2-5,8-9H2,1H3. The van der Waals surface area contributed by atoms with Crippen molar-refractivity contribution in [3.05, 3.63) is 28.8 Å². The van der Waals surface area contributed by atoms with Crippen LogP contribution in [0.3, 0.4) is 0 Å². The Balaban J connectivity index is 2.23. The molecule has 1 aromatic carbocycles. The van der Waals surface area contributed by atoms with Gasteiger partial charge in [-0.3, -0.25) is 4.79 Å². The van der Waals surface area contributed by atoms with E-state index in [4.69, 9.17) is 11.6 Å². The van der Waals surface area contributed by atoms with E-state index in [2.05, 4.69) is 5.32 Å². The highest BCUT2D eigenvalue weighted by Crippen LogP contribution is 2.23.